The van der Waals surface area contributed by atoms with Gasteiger partial charge in [0, 0.05) is 24.0 Å². The summed E-state index contributed by atoms with van der Waals surface area (Å²) < 4.78 is 0. The Morgan fingerprint density at radius 2 is 1.90 bits per heavy atom. The molecular formula is C18H29N3. The number of nitrogens with zero attached hydrogens (tertiary/aromatic N) is 1. The zero-order valence-corrected chi connectivity index (χ0v) is 13.5. The quantitative estimate of drug-likeness (QED) is 0.835. The Kier molecular flexibility index (Phi) is 4.39. The number of fused-ring (bicyclic) bond motifs is 1. The largest absolute Gasteiger partial charge is 0.399 e. The molecular weight excluding hydrogens is 258 g/mol. The molecule has 2 saturated heterocycles. The highest BCUT2D eigenvalue weighted by atomic mass is 15.2. The lowest BCUT2D eigenvalue weighted by atomic mass is 9.83. The minimum absolute atomic E-state index is 0.802. The minimum Gasteiger partial charge on any atom is -0.399 e. The summed E-state index contributed by atoms with van der Waals surface area (Å²) in [6.07, 6.45) is 6.94. The molecule has 21 heavy (non-hydrogen) atoms. The molecule has 3 nitrogen and oxygen atoms in total. The number of hydrogen-bond donors (Lipinski definition) is 2. The van der Waals surface area contributed by atoms with Crippen LogP contribution in [0.15, 0.2) is 12.1 Å². The average Bonchev–Trinajstić information content (AvgIpc) is 2.52. The third kappa shape index (κ3) is 3.03. The molecule has 2 atom stereocenters. The summed E-state index contributed by atoms with van der Waals surface area (Å²) in [5.41, 5.74) is 10.6. The van der Waals surface area contributed by atoms with Crippen molar-refractivity contribution in [2.24, 2.45) is 5.92 Å². The van der Waals surface area contributed by atoms with Gasteiger partial charge >= 0.3 is 0 Å². The third-order valence-corrected chi connectivity index (χ3v) is 5.61. The normalized spacial score (nSPS) is 26.4. The van der Waals surface area contributed by atoms with Crippen LogP contribution in [0.1, 0.15) is 43.2 Å². The standard InChI is InChI=1S/C18H29N3/c1-13-14(2)17(9-8-16(13)19)20-12-15-6-5-11-21-10-4-3-7-18(15)21/h8-9,15,18,20H,3-7,10-12,19H2,1-2H3/t15-,18+/m0/s1. The molecule has 0 unspecified atom stereocenters. The molecule has 3 heteroatoms. The summed E-state index contributed by atoms with van der Waals surface area (Å²) in [4.78, 5) is 2.74. The van der Waals surface area contributed by atoms with E-state index < -0.39 is 0 Å². The monoisotopic (exact) mass is 287 g/mol. The van der Waals surface area contributed by atoms with Crippen LogP contribution < -0.4 is 11.1 Å². The fourth-order valence-electron chi connectivity index (χ4n) is 4.09. The van der Waals surface area contributed by atoms with E-state index >= 15 is 0 Å². The molecule has 2 fully saturated rings. The molecule has 2 aliphatic heterocycles. The number of nitrogens with one attached hydrogen (secondary N) is 1. The first-order chi connectivity index (χ1) is 10.2. The highest BCUT2D eigenvalue weighted by Gasteiger charge is 2.32. The molecule has 0 aromatic heterocycles. The fourth-order valence-corrected chi connectivity index (χ4v) is 4.09. The Labute approximate surface area is 128 Å². The van der Waals surface area contributed by atoms with Gasteiger partial charge in [0.05, 0.1) is 0 Å². The van der Waals surface area contributed by atoms with Crippen molar-refractivity contribution in [1.29, 1.82) is 0 Å². The van der Waals surface area contributed by atoms with Gasteiger partial charge in [-0.05, 0) is 81.8 Å². The number of rotatable bonds is 3. The van der Waals surface area contributed by atoms with Crippen molar-refractivity contribution in [3.8, 4) is 0 Å². The molecule has 1 aromatic carbocycles. The Morgan fingerprint density at radius 1 is 1.10 bits per heavy atom. The molecule has 0 radical (unpaired) electrons. The van der Waals surface area contributed by atoms with Crippen LogP contribution in [0, 0.1) is 19.8 Å². The topological polar surface area (TPSA) is 41.3 Å². The van der Waals surface area contributed by atoms with Crippen molar-refractivity contribution < 1.29 is 0 Å². The first-order valence-electron chi connectivity index (χ1n) is 8.50. The molecule has 1 aromatic rings. The van der Waals surface area contributed by atoms with Gasteiger partial charge in [-0.3, -0.25) is 0 Å². The van der Waals surface area contributed by atoms with E-state index in [4.69, 9.17) is 5.73 Å². The predicted octanol–water partition coefficient (Wildman–Crippen LogP) is 3.56. The van der Waals surface area contributed by atoms with Crippen molar-refractivity contribution in [2.75, 3.05) is 30.7 Å². The van der Waals surface area contributed by atoms with Gasteiger partial charge in [0.25, 0.3) is 0 Å². The fraction of sp³-hybridized carbons (Fsp3) is 0.667. The maximum Gasteiger partial charge on any atom is 0.0374 e. The maximum absolute atomic E-state index is 5.98. The lowest BCUT2D eigenvalue weighted by molar-refractivity contribution is 0.0649. The smallest absolute Gasteiger partial charge is 0.0374 e. The van der Waals surface area contributed by atoms with Crippen molar-refractivity contribution in [2.45, 2.75) is 52.0 Å². The van der Waals surface area contributed by atoms with Crippen LogP contribution in [0.4, 0.5) is 11.4 Å². The molecule has 2 heterocycles. The van der Waals surface area contributed by atoms with E-state index in [9.17, 15) is 0 Å². The van der Waals surface area contributed by atoms with Crippen LogP contribution in [-0.4, -0.2) is 30.6 Å². The first-order valence-corrected chi connectivity index (χ1v) is 8.50. The maximum atomic E-state index is 5.98. The van der Waals surface area contributed by atoms with Gasteiger partial charge in [-0.15, -0.1) is 0 Å². The number of benzene rings is 1. The minimum atomic E-state index is 0.802. The van der Waals surface area contributed by atoms with Crippen molar-refractivity contribution >= 4 is 11.4 Å². The van der Waals surface area contributed by atoms with E-state index in [2.05, 4.69) is 30.1 Å². The number of anilines is 2. The summed E-state index contributed by atoms with van der Waals surface area (Å²) in [6.45, 7) is 8.02. The average molecular weight is 287 g/mol. The van der Waals surface area contributed by atoms with Crippen LogP contribution in [0.3, 0.4) is 0 Å². The van der Waals surface area contributed by atoms with E-state index in [1.54, 1.807) is 0 Å². The first kappa shape index (κ1) is 14.7. The molecule has 3 N–H and O–H groups in total. The summed E-state index contributed by atoms with van der Waals surface area (Å²) in [7, 11) is 0. The van der Waals surface area contributed by atoms with Crippen LogP contribution in [-0.2, 0) is 0 Å². The van der Waals surface area contributed by atoms with Gasteiger partial charge in [-0.2, -0.15) is 0 Å². The molecule has 0 spiro atoms. The highest BCUT2D eigenvalue weighted by molar-refractivity contribution is 5.62. The second-order valence-corrected chi connectivity index (χ2v) is 6.83. The summed E-state index contributed by atoms with van der Waals surface area (Å²) in [5, 5.41) is 3.70. The van der Waals surface area contributed by atoms with Gasteiger partial charge < -0.3 is 16.0 Å². The second kappa shape index (κ2) is 6.27. The van der Waals surface area contributed by atoms with Crippen LogP contribution in [0.25, 0.3) is 0 Å². The van der Waals surface area contributed by atoms with Crippen molar-refractivity contribution in [3.05, 3.63) is 23.3 Å². The van der Waals surface area contributed by atoms with Gasteiger partial charge in [-0.1, -0.05) is 6.42 Å². The van der Waals surface area contributed by atoms with Crippen molar-refractivity contribution in [1.82, 2.24) is 4.90 Å². The molecule has 116 valence electrons. The second-order valence-electron chi connectivity index (χ2n) is 6.83. The number of hydrogen-bond acceptors (Lipinski definition) is 3. The number of nitrogen functional groups attached to an aromatic ring is 1. The molecule has 2 aliphatic rings. The zero-order chi connectivity index (χ0) is 14.8. The Hall–Kier alpha value is -1.22. The third-order valence-electron chi connectivity index (χ3n) is 5.61. The molecule has 0 bridgehead atoms. The zero-order valence-electron chi connectivity index (χ0n) is 13.5. The van der Waals surface area contributed by atoms with Gasteiger partial charge in [-0.25, -0.2) is 0 Å². The van der Waals surface area contributed by atoms with E-state index in [-0.39, 0.29) is 0 Å². The molecule has 3 rings (SSSR count). The SMILES string of the molecule is Cc1c(N)ccc(NC[C@@H]2CCCN3CCCC[C@H]23)c1C. The predicted molar refractivity (Wildman–Crippen MR) is 90.8 cm³/mol. The van der Waals surface area contributed by atoms with E-state index in [0.717, 1.165) is 24.2 Å². The summed E-state index contributed by atoms with van der Waals surface area (Å²) in [6, 6.07) is 4.98. The van der Waals surface area contributed by atoms with Crippen LogP contribution in [0.2, 0.25) is 0 Å². The van der Waals surface area contributed by atoms with Gasteiger partial charge in [0.2, 0.25) is 0 Å². The van der Waals surface area contributed by atoms with Crippen LogP contribution in [0.5, 0.6) is 0 Å². The number of piperidine rings is 2. The van der Waals surface area contributed by atoms with E-state index in [1.807, 2.05) is 6.07 Å². The molecule has 0 aliphatic carbocycles. The Morgan fingerprint density at radius 3 is 2.76 bits per heavy atom. The van der Waals surface area contributed by atoms with Crippen LogP contribution >= 0.6 is 0 Å². The summed E-state index contributed by atoms with van der Waals surface area (Å²) in [5.74, 6) is 0.802. The van der Waals surface area contributed by atoms with Crippen molar-refractivity contribution in [3.63, 3.8) is 0 Å². The number of nitrogens with two attached hydrogens (primary N) is 1. The summed E-state index contributed by atoms with van der Waals surface area (Å²) >= 11 is 0. The molecule has 0 saturated carbocycles. The Balaban J connectivity index is 1.65. The lowest BCUT2D eigenvalue weighted by Gasteiger charge is -2.44. The van der Waals surface area contributed by atoms with Gasteiger partial charge in [0.1, 0.15) is 0 Å². The highest BCUT2D eigenvalue weighted by Crippen LogP contribution is 2.31. The van der Waals surface area contributed by atoms with E-state index in [1.165, 1.54) is 62.0 Å². The Bertz CT molecular complexity index is 495. The van der Waals surface area contributed by atoms with Gasteiger partial charge in [0.15, 0.2) is 0 Å². The molecule has 0 amide bonds. The van der Waals surface area contributed by atoms with E-state index in [0.29, 0.717) is 0 Å². The lowest BCUT2D eigenvalue weighted by Crippen LogP contribution is -2.49.